The van der Waals surface area contributed by atoms with Crippen molar-refractivity contribution in [1.82, 2.24) is 0 Å². The van der Waals surface area contributed by atoms with Crippen molar-refractivity contribution in [3.8, 4) is 12.1 Å². The summed E-state index contributed by atoms with van der Waals surface area (Å²) in [6.07, 6.45) is 3.59. The average molecular weight is 229 g/mol. The highest BCUT2D eigenvalue weighted by Gasteiger charge is 2.33. The number of anilines is 1. The topological polar surface area (TPSA) is 59.6 Å². The SMILES string of the molecule is N#Cc1ccc(NC2(C#N)CCCC2)cc1F. The van der Waals surface area contributed by atoms with E-state index in [0.717, 1.165) is 25.7 Å². The predicted octanol–water partition coefficient (Wildman–Crippen LogP) is 2.95. The number of nitrogens with one attached hydrogen (secondary N) is 1. The minimum absolute atomic E-state index is 0.0213. The summed E-state index contributed by atoms with van der Waals surface area (Å²) in [6, 6.07) is 8.39. The van der Waals surface area contributed by atoms with Gasteiger partial charge in [0.25, 0.3) is 0 Å². The maximum atomic E-state index is 13.4. The molecule has 0 aliphatic heterocycles. The number of hydrogen-bond donors (Lipinski definition) is 1. The van der Waals surface area contributed by atoms with E-state index in [2.05, 4.69) is 11.4 Å². The summed E-state index contributed by atoms with van der Waals surface area (Å²) in [6.45, 7) is 0. The molecule has 1 fully saturated rings. The molecule has 1 aliphatic carbocycles. The van der Waals surface area contributed by atoms with E-state index in [4.69, 9.17) is 5.26 Å². The average Bonchev–Trinajstić information content (AvgIpc) is 2.79. The maximum Gasteiger partial charge on any atom is 0.143 e. The van der Waals surface area contributed by atoms with E-state index in [0.29, 0.717) is 5.69 Å². The molecule has 4 heteroatoms. The molecule has 1 aromatic carbocycles. The van der Waals surface area contributed by atoms with Crippen molar-refractivity contribution in [3.05, 3.63) is 29.6 Å². The van der Waals surface area contributed by atoms with Gasteiger partial charge in [0.05, 0.1) is 11.6 Å². The second-order valence-electron chi connectivity index (χ2n) is 4.33. The molecular formula is C13H12FN3. The van der Waals surface area contributed by atoms with E-state index in [1.165, 1.54) is 12.1 Å². The van der Waals surface area contributed by atoms with Crippen molar-refractivity contribution in [2.24, 2.45) is 0 Å². The fraction of sp³-hybridized carbons (Fsp3) is 0.385. The van der Waals surface area contributed by atoms with Crippen molar-refractivity contribution in [2.45, 2.75) is 31.2 Å². The number of rotatable bonds is 2. The Kier molecular flexibility index (Phi) is 2.97. The maximum absolute atomic E-state index is 13.4. The van der Waals surface area contributed by atoms with Gasteiger partial charge in [-0.3, -0.25) is 0 Å². The second-order valence-corrected chi connectivity index (χ2v) is 4.33. The molecule has 0 spiro atoms. The van der Waals surface area contributed by atoms with Crippen LogP contribution in [0.4, 0.5) is 10.1 Å². The molecule has 0 atom stereocenters. The van der Waals surface area contributed by atoms with Gasteiger partial charge in [-0.1, -0.05) is 0 Å². The van der Waals surface area contributed by atoms with Gasteiger partial charge in [0.2, 0.25) is 0 Å². The molecule has 86 valence electrons. The van der Waals surface area contributed by atoms with Crippen LogP contribution in [0.3, 0.4) is 0 Å². The molecule has 2 rings (SSSR count). The molecule has 0 unspecified atom stereocenters. The van der Waals surface area contributed by atoms with E-state index < -0.39 is 11.4 Å². The highest BCUT2D eigenvalue weighted by molar-refractivity contribution is 5.51. The van der Waals surface area contributed by atoms with Crippen molar-refractivity contribution < 1.29 is 4.39 Å². The fourth-order valence-electron chi connectivity index (χ4n) is 2.20. The van der Waals surface area contributed by atoms with Crippen LogP contribution in [0.2, 0.25) is 0 Å². The van der Waals surface area contributed by atoms with E-state index in [1.54, 1.807) is 12.1 Å². The van der Waals surface area contributed by atoms with E-state index in [1.807, 2.05) is 0 Å². The summed E-state index contributed by atoms with van der Waals surface area (Å²) in [4.78, 5) is 0. The van der Waals surface area contributed by atoms with Crippen molar-refractivity contribution in [1.29, 1.82) is 10.5 Å². The summed E-state index contributed by atoms with van der Waals surface area (Å²) in [5.41, 5.74) is 0.0126. The zero-order chi connectivity index (χ0) is 12.3. The Morgan fingerprint density at radius 2 is 1.94 bits per heavy atom. The largest absolute Gasteiger partial charge is 0.367 e. The summed E-state index contributed by atoms with van der Waals surface area (Å²) in [5, 5.41) is 20.9. The molecule has 0 radical (unpaired) electrons. The van der Waals surface area contributed by atoms with Gasteiger partial charge >= 0.3 is 0 Å². The van der Waals surface area contributed by atoms with Gasteiger partial charge in [0.15, 0.2) is 0 Å². The molecule has 1 saturated carbocycles. The Labute approximate surface area is 99.5 Å². The summed E-state index contributed by atoms with van der Waals surface area (Å²) in [7, 11) is 0. The number of nitriles is 2. The minimum atomic E-state index is -0.569. The van der Waals surface area contributed by atoms with Crippen molar-refractivity contribution in [2.75, 3.05) is 5.32 Å². The number of benzene rings is 1. The zero-order valence-electron chi connectivity index (χ0n) is 9.33. The van der Waals surface area contributed by atoms with Crippen LogP contribution in [0.15, 0.2) is 18.2 Å². The van der Waals surface area contributed by atoms with Gasteiger partial charge in [0.1, 0.15) is 17.4 Å². The van der Waals surface area contributed by atoms with Gasteiger partial charge in [-0.05, 0) is 43.9 Å². The third-order valence-corrected chi connectivity index (χ3v) is 3.14. The highest BCUT2D eigenvalue weighted by atomic mass is 19.1. The third-order valence-electron chi connectivity index (χ3n) is 3.14. The molecule has 0 aromatic heterocycles. The number of hydrogen-bond acceptors (Lipinski definition) is 3. The Morgan fingerprint density at radius 3 is 2.47 bits per heavy atom. The molecule has 0 saturated heterocycles. The molecule has 17 heavy (non-hydrogen) atoms. The van der Waals surface area contributed by atoms with Crippen LogP contribution >= 0.6 is 0 Å². The van der Waals surface area contributed by atoms with Crippen LogP contribution < -0.4 is 5.32 Å². The zero-order valence-corrected chi connectivity index (χ0v) is 9.33. The van der Waals surface area contributed by atoms with Gasteiger partial charge < -0.3 is 5.32 Å². The lowest BCUT2D eigenvalue weighted by Gasteiger charge is -2.23. The summed E-state index contributed by atoms with van der Waals surface area (Å²) in [5.74, 6) is -0.552. The first-order valence-corrected chi connectivity index (χ1v) is 5.58. The van der Waals surface area contributed by atoms with Gasteiger partial charge in [-0.2, -0.15) is 10.5 Å². The molecule has 0 amide bonds. The lowest BCUT2D eigenvalue weighted by atomic mass is 9.99. The Morgan fingerprint density at radius 1 is 1.24 bits per heavy atom. The molecule has 0 heterocycles. The third kappa shape index (κ3) is 2.21. The van der Waals surface area contributed by atoms with Crippen LogP contribution in [0.5, 0.6) is 0 Å². The van der Waals surface area contributed by atoms with E-state index in [-0.39, 0.29) is 5.56 Å². The summed E-state index contributed by atoms with van der Waals surface area (Å²) >= 11 is 0. The quantitative estimate of drug-likeness (QED) is 0.848. The minimum Gasteiger partial charge on any atom is -0.367 e. The molecule has 1 N–H and O–H groups in total. The van der Waals surface area contributed by atoms with Gasteiger partial charge in [-0.15, -0.1) is 0 Å². The number of nitrogens with zero attached hydrogens (tertiary/aromatic N) is 2. The van der Waals surface area contributed by atoms with E-state index >= 15 is 0 Å². The first kappa shape index (κ1) is 11.4. The lowest BCUT2D eigenvalue weighted by Crippen LogP contribution is -2.32. The first-order chi connectivity index (χ1) is 8.19. The van der Waals surface area contributed by atoms with Crippen molar-refractivity contribution >= 4 is 5.69 Å². The Balaban J connectivity index is 2.22. The van der Waals surface area contributed by atoms with Gasteiger partial charge in [-0.25, -0.2) is 4.39 Å². The molecule has 1 aliphatic rings. The van der Waals surface area contributed by atoms with Gasteiger partial charge in [0, 0.05) is 5.69 Å². The summed E-state index contributed by atoms with van der Waals surface area (Å²) < 4.78 is 13.4. The van der Waals surface area contributed by atoms with Crippen molar-refractivity contribution in [3.63, 3.8) is 0 Å². The van der Waals surface area contributed by atoms with E-state index in [9.17, 15) is 9.65 Å². The van der Waals surface area contributed by atoms with Crippen LogP contribution in [0, 0.1) is 28.5 Å². The first-order valence-electron chi connectivity index (χ1n) is 5.58. The fourth-order valence-corrected chi connectivity index (χ4v) is 2.20. The smallest absolute Gasteiger partial charge is 0.143 e. The predicted molar refractivity (Wildman–Crippen MR) is 61.5 cm³/mol. The molecule has 0 bridgehead atoms. The Bertz CT molecular complexity index is 504. The van der Waals surface area contributed by atoms with Crippen LogP contribution in [-0.2, 0) is 0 Å². The van der Waals surface area contributed by atoms with Crippen LogP contribution in [-0.4, -0.2) is 5.54 Å². The van der Waals surface area contributed by atoms with Crippen LogP contribution in [0.1, 0.15) is 31.2 Å². The molecule has 3 nitrogen and oxygen atoms in total. The highest BCUT2D eigenvalue weighted by Crippen LogP contribution is 2.32. The Hall–Kier alpha value is -2.07. The second kappa shape index (κ2) is 4.43. The monoisotopic (exact) mass is 229 g/mol. The molecule has 1 aromatic rings. The normalized spacial score (nSPS) is 17.1. The van der Waals surface area contributed by atoms with Crippen LogP contribution in [0.25, 0.3) is 0 Å². The molecular weight excluding hydrogens is 217 g/mol. The standard InChI is InChI=1S/C13H12FN3/c14-12-7-11(4-3-10(12)8-15)17-13(9-16)5-1-2-6-13/h3-4,7,17H,1-2,5-6H2. The lowest BCUT2D eigenvalue weighted by molar-refractivity contribution is 0.605. The number of halogens is 1.